The van der Waals surface area contributed by atoms with Crippen LogP contribution in [0.25, 0.3) is 0 Å². The second-order valence-electron chi connectivity index (χ2n) is 1.32. The lowest BCUT2D eigenvalue weighted by Crippen LogP contribution is -2.16. The lowest BCUT2D eigenvalue weighted by Gasteiger charge is -1.86. The molecule has 1 amide bonds. The highest BCUT2D eigenvalue weighted by molar-refractivity contribution is 9.09. The molecule has 46 valence electrons. The summed E-state index contributed by atoms with van der Waals surface area (Å²) in [5.41, 5.74) is 4.69. The molecule has 0 aliphatic rings. The summed E-state index contributed by atoms with van der Waals surface area (Å²) in [5.74, 6) is -0.757. The topological polar surface area (TPSA) is 60.2 Å². The van der Waals surface area contributed by atoms with Crippen LogP contribution in [0, 0.1) is 0 Å². The minimum absolute atomic E-state index is 0.161. The molecule has 0 aromatic rings. The fourth-order valence-electron chi connectivity index (χ4n) is 0.242. The maximum Gasteiger partial charge on any atom is 0.224 e. The van der Waals surface area contributed by atoms with Crippen LogP contribution in [-0.2, 0) is 9.59 Å². The van der Waals surface area contributed by atoms with Crippen molar-refractivity contribution in [1.82, 2.24) is 0 Å². The summed E-state index contributed by atoms with van der Waals surface area (Å²) in [7, 11) is 0. The van der Waals surface area contributed by atoms with E-state index in [1.165, 1.54) is 0 Å². The van der Waals surface area contributed by atoms with Gasteiger partial charge < -0.3 is 5.73 Å². The van der Waals surface area contributed by atoms with Gasteiger partial charge in [-0.2, -0.15) is 0 Å². The first-order chi connectivity index (χ1) is 3.66. The van der Waals surface area contributed by atoms with E-state index >= 15 is 0 Å². The van der Waals surface area contributed by atoms with Crippen molar-refractivity contribution >= 4 is 27.6 Å². The number of rotatable bonds is 3. The molecule has 8 heavy (non-hydrogen) atoms. The van der Waals surface area contributed by atoms with E-state index in [4.69, 9.17) is 0 Å². The van der Waals surface area contributed by atoms with Crippen LogP contribution in [-0.4, -0.2) is 17.0 Å². The predicted molar refractivity (Wildman–Crippen MR) is 32.6 cm³/mol. The standard InChI is InChI=1S/C4H6BrNO2/c5-2-3(7)1-4(6)8/h1-2H2,(H2,6,8). The van der Waals surface area contributed by atoms with Crippen molar-refractivity contribution < 1.29 is 9.59 Å². The number of hydrogen-bond acceptors (Lipinski definition) is 2. The number of carbonyl (C=O) groups is 2. The maximum atomic E-state index is 10.3. The summed E-state index contributed by atoms with van der Waals surface area (Å²) >= 11 is 2.89. The number of alkyl halides is 1. The molecule has 0 unspecified atom stereocenters. The van der Waals surface area contributed by atoms with Crippen LogP contribution in [0.2, 0.25) is 0 Å². The van der Waals surface area contributed by atoms with Crippen molar-refractivity contribution in [3.05, 3.63) is 0 Å². The van der Waals surface area contributed by atoms with E-state index < -0.39 is 5.91 Å². The van der Waals surface area contributed by atoms with Gasteiger partial charge in [0.2, 0.25) is 5.91 Å². The summed E-state index contributed by atoms with van der Waals surface area (Å²) in [6.07, 6.45) is -0.161. The van der Waals surface area contributed by atoms with Gasteiger partial charge in [-0.1, -0.05) is 15.9 Å². The number of halogens is 1. The third-order valence-electron chi connectivity index (χ3n) is 0.520. The molecule has 0 radical (unpaired) electrons. The van der Waals surface area contributed by atoms with Gasteiger partial charge in [0, 0.05) is 0 Å². The Bertz CT molecular complexity index is 113. The van der Waals surface area contributed by atoms with Crippen LogP contribution in [0.15, 0.2) is 0 Å². The van der Waals surface area contributed by atoms with E-state index in [2.05, 4.69) is 21.7 Å². The molecule has 0 atom stereocenters. The Morgan fingerprint density at radius 2 is 2.00 bits per heavy atom. The third-order valence-corrected chi connectivity index (χ3v) is 1.15. The zero-order chi connectivity index (χ0) is 6.57. The second kappa shape index (κ2) is 3.60. The summed E-state index contributed by atoms with van der Waals surface area (Å²) in [6.45, 7) is 0. The molecule has 3 nitrogen and oxygen atoms in total. The van der Waals surface area contributed by atoms with Crippen molar-refractivity contribution in [2.45, 2.75) is 6.42 Å². The van der Waals surface area contributed by atoms with Crippen LogP contribution < -0.4 is 5.73 Å². The first-order valence-corrected chi connectivity index (χ1v) is 3.15. The van der Waals surface area contributed by atoms with Gasteiger partial charge in [-0.25, -0.2) is 0 Å². The normalized spacial score (nSPS) is 8.62. The molecule has 0 aliphatic carbocycles. The highest BCUT2D eigenvalue weighted by Gasteiger charge is 2.01. The van der Waals surface area contributed by atoms with Gasteiger partial charge in [-0.15, -0.1) is 0 Å². The van der Waals surface area contributed by atoms with Crippen LogP contribution in [0.3, 0.4) is 0 Å². The van der Waals surface area contributed by atoms with Gasteiger partial charge in [0.25, 0.3) is 0 Å². The Morgan fingerprint density at radius 3 is 2.12 bits per heavy atom. The highest BCUT2D eigenvalue weighted by Crippen LogP contribution is 1.86. The van der Waals surface area contributed by atoms with E-state index in [0.717, 1.165) is 0 Å². The summed E-state index contributed by atoms with van der Waals surface area (Å²) in [4.78, 5) is 20.2. The number of Topliss-reactive ketones (excluding diaryl/α,β-unsaturated/α-hetero) is 1. The molecule has 0 aromatic carbocycles. The Hall–Kier alpha value is -0.380. The molecular weight excluding hydrogens is 174 g/mol. The molecular formula is C4H6BrNO2. The molecule has 0 bridgehead atoms. The molecule has 0 heterocycles. The first kappa shape index (κ1) is 7.62. The SMILES string of the molecule is NC(=O)CC(=O)CBr. The molecule has 0 rings (SSSR count). The van der Waals surface area contributed by atoms with Gasteiger partial charge in [-0.3, -0.25) is 9.59 Å². The maximum absolute atomic E-state index is 10.3. The molecule has 0 spiro atoms. The van der Waals surface area contributed by atoms with Crippen molar-refractivity contribution in [2.75, 3.05) is 5.33 Å². The van der Waals surface area contributed by atoms with Gasteiger partial charge >= 0.3 is 0 Å². The number of nitrogens with two attached hydrogens (primary N) is 1. The fourth-order valence-corrected chi connectivity index (χ4v) is 0.440. The van der Waals surface area contributed by atoms with Gasteiger partial charge in [0.05, 0.1) is 11.8 Å². The van der Waals surface area contributed by atoms with E-state index in [0.29, 0.717) is 0 Å². The van der Waals surface area contributed by atoms with Gasteiger partial charge in [0.1, 0.15) is 0 Å². The van der Waals surface area contributed by atoms with E-state index in [-0.39, 0.29) is 17.5 Å². The molecule has 0 saturated carbocycles. The molecule has 0 saturated heterocycles. The van der Waals surface area contributed by atoms with Crippen LogP contribution in [0.5, 0.6) is 0 Å². The average molecular weight is 180 g/mol. The number of amides is 1. The Labute approximate surface area is 55.4 Å². The summed E-state index contributed by atoms with van der Waals surface area (Å²) < 4.78 is 0. The number of carbonyl (C=O) groups excluding carboxylic acids is 2. The third kappa shape index (κ3) is 3.80. The van der Waals surface area contributed by atoms with Crippen molar-refractivity contribution in [3.63, 3.8) is 0 Å². The van der Waals surface area contributed by atoms with Crippen molar-refractivity contribution in [1.29, 1.82) is 0 Å². The van der Waals surface area contributed by atoms with Gasteiger partial charge in [-0.05, 0) is 0 Å². The van der Waals surface area contributed by atoms with E-state index in [1.807, 2.05) is 0 Å². The molecule has 4 heteroatoms. The smallest absolute Gasteiger partial charge is 0.224 e. The summed E-state index contributed by atoms with van der Waals surface area (Å²) in [5, 5.41) is 0.204. The lowest BCUT2D eigenvalue weighted by molar-refractivity contribution is -0.124. The number of primary amides is 1. The first-order valence-electron chi connectivity index (χ1n) is 2.02. The van der Waals surface area contributed by atoms with Crippen molar-refractivity contribution in [3.8, 4) is 0 Å². The van der Waals surface area contributed by atoms with E-state index in [9.17, 15) is 9.59 Å². The number of ketones is 1. The minimum atomic E-state index is -0.575. The number of hydrogen-bond donors (Lipinski definition) is 1. The zero-order valence-electron chi connectivity index (χ0n) is 4.19. The molecule has 2 N–H and O–H groups in total. The predicted octanol–water partition coefficient (Wildman–Crippen LogP) is -0.174. The Kier molecular flexibility index (Phi) is 3.43. The van der Waals surface area contributed by atoms with Crippen LogP contribution >= 0.6 is 15.9 Å². The van der Waals surface area contributed by atoms with Crippen molar-refractivity contribution in [2.24, 2.45) is 5.73 Å². The van der Waals surface area contributed by atoms with Crippen LogP contribution in [0.1, 0.15) is 6.42 Å². The largest absolute Gasteiger partial charge is 0.369 e. The summed E-state index contributed by atoms with van der Waals surface area (Å²) in [6, 6.07) is 0. The Morgan fingerprint density at radius 1 is 1.50 bits per heavy atom. The second-order valence-corrected chi connectivity index (χ2v) is 1.88. The van der Waals surface area contributed by atoms with Crippen LogP contribution in [0.4, 0.5) is 0 Å². The molecule has 0 aliphatic heterocycles. The average Bonchev–Trinajstić information content (AvgIpc) is 1.65. The zero-order valence-corrected chi connectivity index (χ0v) is 5.77. The van der Waals surface area contributed by atoms with Gasteiger partial charge in [0.15, 0.2) is 5.78 Å². The Balaban J connectivity index is 3.40. The monoisotopic (exact) mass is 179 g/mol. The molecule has 0 fully saturated rings. The fraction of sp³-hybridized carbons (Fsp3) is 0.500. The van der Waals surface area contributed by atoms with E-state index in [1.54, 1.807) is 0 Å². The lowest BCUT2D eigenvalue weighted by atomic mass is 10.3. The highest BCUT2D eigenvalue weighted by atomic mass is 79.9. The minimum Gasteiger partial charge on any atom is -0.369 e. The quantitative estimate of drug-likeness (QED) is 0.483. The molecule has 0 aromatic heterocycles.